The van der Waals surface area contributed by atoms with Crippen LogP contribution in [0.5, 0.6) is 0 Å². The Morgan fingerprint density at radius 2 is 1.57 bits per heavy atom. The van der Waals surface area contributed by atoms with Crippen molar-refractivity contribution in [3.63, 3.8) is 0 Å². The van der Waals surface area contributed by atoms with E-state index in [4.69, 9.17) is 5.73 Å². The summed E-state index contributed by atoms with van der Waals surface area (Å²) in [4.78, 5) is 17.0. The number of nitrogens with zero attached hydrogens (tertiary/aromatic N) is 2. The number of piperidine rings is 1. The molecule has 2 heterocycles. The van der Waals surface area contributed by atoms with Gasteiger partial charge >= 0.3 is 0 Å². The molecule has 0 bridgehead atoms. The van der Waals surface area contributed by atoms with Gasteiger partial charge in [0.05, 0.1) is 6.04 Å². The lowest BCUT2D eigenvalue weighted by Gasteiger charge is -2.36. The first-order valence-corrected chi connectivity index (χ1v) is 7.95. The molecule has 1 unspecified atom stereocenters. The Morgan fingerprint density at radius 3 is 2.05 bits per heavy atom. The highest BCUT2D eigenvalue weighted by molar-refractivity contribution is 5.85. The van der Waals surface area contributed by atoms with Gasteiger partial charge in [-0.1, -0.05) is 12.8 Å². The molecule has 0 radical (unpaired) electrons. The van der Waals surface area contributed by atoms with E-state index >= 15 is 0 Å². The van der Waals surface area contributed by atoms with Crippen molar-refractivity contribution in [3.05, 3.63) is 0 Å². The molecule has 0 aliphatic carbocycles. The normalized spacial score (nSPS) is 22.7. The minimum absolute atomic E-state index is 0. The molecule has 0 aromatic carbocycles. The second-order valence-corrected chi connectivity index (χ2v) is 6.13. The quantitative estimate of drug-likeness (QED) is 0.858. The summed E-state index contributed by atoms with van der Waals surface area (Å²) in [5, 5.41) is 0. The zero-order chi connectivity index (χ0) is 13.7. The molecule has 0 aromatic heterocycles. The van der Waals surface area contributed by atoms with Crippen LogP contribution in [0.1, 0.15) is 45.4 Å². The summed E-state index contributed by atoms with van der Waals surface area (Å²) in [6, 6.07) is 0.0625. The lowest BCUT2D eigenvalue weighted by molar-refractivity contribution is -0.137. The number of rotatable bonds is 3. The maximum Gasteiger partial charge on any atom is 0.239 e. The molecule has 0 aromatic rings. The number of amides is 1. The molecule has 1 amide bonds. The second kappa shape index (κ2) is 10.7. The Morgan fingerprint density at radius 1 is 1.05 bits per heavy atom. The molecule has 2 rings (SSSR count). The van der Waals surface area contributed by atoms with Crippen molar-refractivity contribution in [2.45, 2.75) is 51.5 Å². The summed E-state index contributed by atoms with van der Waals surface area (Å²) in [6.07, 6.45) is 7.28. The fourth-order valence-corrected chi connectivity index (χ4v) is 3.29. The third kappa shape index (κ3) is 5.93. The van der Waals surface area contributed by atoms with Gasteiger partial charge in [-0.15, -0.1) is 24.8 Å². The Balaban J connectivity index is 0.00000200. The Bertz CT molecular complexity index is 289. The number of carbonyl (C=O) groups excluding carboxylic acids is 1. The SMILES string of the molecule is CC(C(=O)N1CCC(CN)CC1)N1CCCCCC1.Cl.Cl. The predicted molar refractivity (Wildman–Crippen MR) is 92.4 cm³/mol. The van der Waals surface area contributed by atoms with Crippen molar-refractivity contribution in [2.75, 3.05) is 32.7 Å². The van der Waals surface area contributed by atoms with Crippen molar-refractivity contribution >= 4 is 30.7 Å². The van der Waals surface area contributed by atoms with E-state index in [1.54, 1.807) is 0 Å². The van der Waals surface area contributed by atoms with Crippen molar-refractivity contribution in [1.82, 2.24) is 9.80 Å². The molecule has 21 heavy (non-hydrogen) atoms. The fourth-order valence-electron chi connectivity index (χ4n) is 3.29. The summed E-state index contributed by atoms with van der Waals surface area (Å²) in [6.45, 7) is 6.84. The van der Waals surface area contributed by atoms with Gasteiger partial charge in [0.25, 0.3) is 0 Å². The van der Waals surface area contributed by atoms with Crippen LogP contribution in [0.15, 0.2) is 0 Å². The van der Waals surface area contributed by atoms with Crippen LogP contribution in [0.2, 0.25) is 0 Å². The Hall–Kier alpha value is -0.0300. The molecule has 0 saturated carbocycles. The third-order valence-corrected chi connectivity index (χ3v) is 4.81. The van der Waals surface area contributed by atoms with Crippen LogP contribution in [0.4, 0.5) is 0 Å². The highest BCUT2D eigenvalue weighted by Crippen LogP contribution is 2.19. The van der Waals surface area contributed by atoms with E-state index in [2.05, 4.69) is 16.7 Å². The number of hydrogen-bond donors (Lipinski definition) is 1. The van der Waals surface area contributed by atoms with Gasteiger partial charge in [-0.25, -0.2) is 0 Å². The number of nitrogens with two attached hydrogens (primary N) is 1. The second-order valence-electron chi connectivity index (χ2n) is 6.13. The van der Waals surface area contributed by atoms with Crippen LogP contribution in [-0.2, 0) is 4.79 Å². The maximum absolute atomic E-state index is 12.6. The lowest BCUT2D eigenvalue weighted by atomic mass is 9.96. The monoisotopic (exact) mass is 339 g/mol. The van der Waals surface area contributed by atoms with Crippen LogP contribution in [0.3, 0.4) is 0 Å². The van der Waals surface area contributed by atoms with Crippen LogP contribution >= 0.6 is 24.8 Å². The third-order valence-electron chi connectivity index (χ3n) is 4.81. The summed E-state index contributed by atoms with van der Waals surface area (Å²) in [7, 11) is 0. The van der Waals surface area contributed by atoms with Crippen LogP contribution in [0.25, 0.3) is 0 Å². The minimum Gasteiger partial charge on any atom is -0.341 e. The largest absolute Gasteiger partial charge is 0.341 e. The molecule has 2 aliphatic rings. The molecule has 0 spiro atoms. The molecular weight excluding hydrogens is 309 g/mol. The first kappa shape index (κ1) is 21.0. The molecule has 6 heteroatoms. The van der Waals surface area contributed by atoms with Crippen LogP contribution < -0.4 is 5.73 Å². The highest BCUT2D eigenvalue weighted by atomic mass is 35.5. The smallest absolute Gasteiger partial charge is 0.239 e. The van der Waals surface area contributed by atoms with Crippen molar-refractivity contribution in [1.29, 1.82) is 0 Å². The zero-order valence-corrected chi connectivity index (χ0v) is 14.8. The summed E-state index contributed by atoms with van der Waals surface area (Å²) in [5.41, 5.74) is 5.71. The van der Waals surface area contributed by atoms with E-state index in [-0.39, 0.29) is 30.9 Å². The highest BCUT2D eigenvalue weighted by Gasteiger charge is 2.28. The number of hydrogen-bond acceptors (Lipinski definition) is 3. The van der Waals surface area contributed by atoms with E-state index < -0.39 is 0 Å². The average molecular weight is 340 g/mol. The Kier molecular flexibility index (Phi) is 10.6. The number of carbonyl (C=O) groups is 1. The molecule has 4 nitrogen and oxygen atoms in total. The van der Waals surface area contributed by atoms with Gasteiger partial charge in [0.15, 0.2) is 0 Å². The van der Waals surface area contributed by atoms with Gasteiger partial charge < -0.3 is 10.6 Å². The molecule has 2 fully saturated rings. The van der Waals surface area contributed by atoms with Gasteiger partial charge in [-0.2, -0.15) is 0 Å². The van der Waals surface area contributed by atoms with E-state index in [0.717, 1.165) is 45.6 Å². The molecule has 1 atom stereocenters. The molecule has 126 valence electrons. The Labute approximate surface area is 141 Å². The number of halogens is 2. The van der Waals surface area contributed by atoms with Gasteiger partial charge in [0.2, 0.25) is 5.91 Å². The van der Waals surface area contributed by atoms with Gasteiger partial charge in [-0.3, -0.25) is 9.69 Å². The van der Waals surface area contributed by atoms with Crippen LogP contribution in [0, 0.1) is 5.92 Å². The van der Waals surface area contributed by atoms with Gasteiger partial charge in [-0.05, 0) is 58.2 Å². The summed E-state index contributed by atoms with van der Waals surface area (Å²) >= 11 is 0. The fraction of sp³-hybridized carbons (Fsp3) is 0.933. The summed E-state index contributed by atoms with van der Waals surface area (Å²) in [5.74, 6) is 0.954. The molecule has 2 saturated heterocycles. The first-order chi connectivity index (χ1) is 9.22. The molecule has 2 N–H and O–H groups in total. The van der Waals surface area contributed by atoms with Crippen molar-refractivity contribution in [3.8, 4) is 0 Å². The summed E-state index contributed by atoms with van der Waals surface area (Å²) < 4.78 is 0. The standard InChI is InChI=1S/C15H29N3O.2ClH/c1-13(17-8-4-2-3-5-9-17)15(19)18-10-6-14(12-16)7-11-18;;/h13-14H,2-12,16H2,1H3;2*1H. The maximum atomic E-state index is 12.6. The van der Waals surface area contributed by atoms with Crippen LogP contribution in [-0.4, -0.2) is 54.5 Å². The number of likely N-dealkylation sites (tertiary alicyclic amines) is 2. The topological polar surface area (TPSA) is 49.6 Å². The van der Waals surface area contributed by atoms with Gasteiger partial charge in [0.1, 0.15) is 0 Å². The average Bonchev–Trinajstić information content (AvgIpc) is 2.75. The molecule has 2 aliphatic heterocycles. The minimum atomic E-state index is 0. The van der Waals surface area contributed by atoms with E-state index in [1.807, 2.05) is 0 Å². The van der Waals surface area contributed by atoms with E-state index in [0.29, 0.717) is 11.8 Å². The van der Waals surface area contributed by atoms with Gasteiger partial charge in [0, 0.05) is 13.1 Å². The lowest BCUT2D eigenvalue weighted by Crippen LogP contribution is -2.50. The van der Waals surface area contributed by atoms with Crippen molar-refractivity contribution in [2.24, 2.45) is 11.7 Å². The van der Waals surface area contributed by atoms with E-state index in [1.165, 1.54) is 25.7 Å². The predicted octanol–water partition coefficient (Wildman–Crippen LogP) is 2.29. The van der Waals surface area contributed by atoms with Crippen molar-refractivity contribution < 1.29 is 4.79 Å². The zero-order valence-electron chi connectivity index (χ0n) is 13.1. The van der Waals surface area contributed by atoms with E-state index in [9.17, 15) is 4.79 Å². The first-order valence-electron chi connectivity index (χ1n) is 7.95. The molecular formula is C15H31Cl2N3O.